The van der Waals surface area contributed by atoms with Gasteiger partial charge in [0.2, 0.25) is 0 Å². The highest BCUT2D eigenvalue weighted by Gasteiger charge is 2.38. The normalized spacial score (nSPS) is 10.8. The predicted octanol–water partition coefficient (Wildman–Crippen LogP) is 5.88. The average Bonchev–Trinajstić information content (AvgIpc) is 2.65. The first-order chi connectivity index (χ1) is 12.7. The Kier molecular flexibility index (Phi) is 11.6. The standard InChI is InChI=1S/C12H11N.C9H22O3Si/c1-3-7-11(8-4-1)13-12-9-5-2-6-10-12;1-5-9-13(10-6-2,11-7-3)12-8-4/h1-10,13H;5-9H2,1-4H3. The Morgan fingerprint density at radius 1 is 0.654 bits per heavy atom. The van der Waals surface area contributed by atoms with E-state index < -0.39 is 8.80 Å². The van der Waals surface area contributed by atoms with E-state index in [-0.39, 0.29) is 0 Å². The van der Waals surface area contributed by atoms with Crippen molar-refractivity contribution in [2.24, 2.45) is 0 Å². The maximum atomic E-state index is 5.65. The summed E-state index contributed by atoms with van der Waals surface area (Å²) in [4.78, 5) is 0. The molecule has 5 heteroatoms. The Morgan fingerprint density at radius 2 is 1.04 bits per heavy atom. The van der Waals surface area contributed by atoms with E-state index in [1.165, 1.54) is 0 Å². The van der Waals surface area contributed by atoms with E-state index in [1.54, 1.807) is 0 Å². The molecule has 26 heavy (non-hydrogen) atoms. The third-order valence-electron chi connectivity index (χ3n) is 3.49. The van der Waals surface area contributed by atoms with Gasteiger partial charge in [-0.2, -0.15) is 0 Å². The maximum absolute atomic E-state index is 5.65. The zero-order valence-electron chi connectivity index (χ0n) is 16.5. The van der Waals surface area contributed by atoms with Gasteiger partial charge in [-0.1, -0.05) is 49.7 Å². The fourth-order valence-corrected chi connectivity index (χ4v) is 5.13. The van der Waals surface area contributed by atoms with Gasteiger partial charge in [-0.05, 0) is 45.0 Å². The van der Waals surface area contributed by atoms with Crippen molar-refractivity contribution in [3.63, 3.8) is 0 Å². The highest BCUT2D eigenvalue weighted by Crippen LogP contribution is 2.17. The zero-order chi connectivity index (χ0) is 19.1. The summed E-state index contributed by atoms with van der Waals surface area (Å²) in [6, 6.07) is 21.2. The molecular formula is C21H33NO3Si. The average molecular weight is 376 g/mol. The summed E-state index contributed by atoms with van der Waals surface area (Å²) in [7, 11) is -2.30. The van der Waals surface area contributed by atoms with E-state index >= 15 is 0 Å². The molecule has 0 spiro atoms. The van der Waals surface area contributed by atoms with Crippen LogP contribution < -0.4 is 5.32 Å². The summed E-state index contributed by atoms with van der Waals surface area (Å²) >= 11 is 0. The molecule has 0 radical (unpaired) electrons. The lowest BCUT2D eigenvalue weighted by Gasteiger charge is -2.27. The van der Waals surface area contributed by atoms with Crippen LogP contribution in [0.2, 0.25) is 6.04 Å². The van der Waals surface area contributed by atoms with Crippen molar-refractivity contribution in [3.8, 4) is 0 Å². The van der Waals surface area contributed by atoms with E-state index in [0.717, 1.165) is 23.8 Å². The number of hydrogen-bond acceptors (Lipinski definition) is 4. The minimum atomic E-state index is -2.30. The van der Waals surface area contributed by atoms with Crippen molar-refractivity contribution in [1.82, 2.24) is 0 Å². The number of benzene rings is 2. The maximum Gasteiger partial charge on any atom is 0.500 e. The van der Waals surface area contributed by atoms with Crippen LogP contribution in [0.25, 0.3) is 0 Å². The zero-order valence-corrected chi connectivity index (χ0v) is 17.5. The summed E-state index contributed by atoms with van der Waals surface area (Å²) in [6.07, 6.45) is 1.05. The number of anilines is 2. The van der Waals surface area contributed by atoms with Gasteiger partial charge in [0.15, 0.2) is 0 Å². The predicted molar refractivity (Wildman–Crippen MR) is 112 cm³/mol. The molecule has 2 aromatic rings. The summed E-state index contributed by atoms with van der Waals surface area (Å²) in [5.74, 6) is 0. The van der Waals surface area contributed by atoms with Crippen LogP contribution in [0.1, 0.15) is 34.1 Å². The number of rotatable bonds is 10. The highest BCUT2D eigenvalue weighted by atomic mass is 28.4. The third kappa shape index (κ3) is 8.63. The van der Waals surface area contributed by atoms with Crippen molar-refractivity contribution < 1.29 is 13.3 Å². The van der Waals surface area contributed by atoms with Crippen LogP contribution in [0, 0.1) is 0 Å². The first kappa shape index (κ1) is 22.4. The summed E-state index contributed by atoms with van der Waals surface area (Å²) in [5, 5.41) is 3.30. The van der Waals surface area contributed by atoms with Crippen molar-refractivity contribution >= 4 is 20.2 Å². The van der Waals surface area contributed by atoms with E-state index in [4.69, 9.17) is 13.3 Å². The van der Waals surface area contributed by atoms with Gasteiger partial charge in [-0.15, -0.1) is 0 Å². The second-order valence-electron chi connectivity index (χ2n) is 5.59. The van der Waals surface area contributed by atoms with E-state index in [2.05, 4.69) is 12.2 Å². The van der Waals surface area contributed by atoms with Gasteiger partial charge in [-0.25, -0.2) is 0 Å². The SMILES string of the molecule is CCC[Si](OCC)(OCC)OCC.c1ccc(Nc2ccccc2)cc1. The molecule has 0 aromatic heterocycles. The fraction of sp³-hybridized carbons (Fsp3) is 0.429. The molecule has 0 amide bonds. The van der Waals surface area contributed by atoms with Crippen LogP contribution in [0.4, 0.5) is 11.4 Å². The highest BCUT2D eigenvalue weighted by molar-refractivity contribution is 6.60. The molecule has 0 heterocycles. The molecule has 0 aliphatic carbocycles. The van der Waals surface area contributed by atoms with Crippen LogP contribution in [-0.4, -0.2) is 28.6 Å². The molecule has 0 aliphatic rings. The Balaban J connectivity index is 0.000000260. The van der Waals surface area contributed by atoms with Gasteiger partial charge in [-0.3, -0.25) is 0 Å². The van der Waals surface area contributed by atoms with Gasteiger partial charge in [0.05, 0.1) is 0 Å². The molecule has 144 valence electrons. The molecule has 0 saturated heterocycles. The van der Waals surface area contributed by atoms with Gasteiger partial charge < -0.3 is 18.6 Å². The monoisotopic (exact) mass is 375 g/mol. The topological polar surface area (TPSA) is 39.7 Å². The molecule has 0 saturated carbocycles. The summed E-state index contributed by atoms with van der Waals surface area (Å²) in [5.41, 5.74) is 2.24. The van der Waals surface area contributed by atoms with Crippen LogP contribution in [-0.2, 0) is 13.3 Å². The largest absolute Gasteiger partial charge is 0.500 e. The molecule has 0 bridgehead atoms. The lowest BCUT2D eigenvalue weighted by molar-refractivity contribution is 0.0712. The molecule has 2 rings (SSSR count). The van der Waals surface area contributed by atoms with Crippen molar-refractivity contribution in [2.75, 3.05) is 25.1 Å². The smallest absolute Gasteiger partial charge is 0.374 e. The van der Waals surface area contributed by atoms with Gasteiger partial charge in [0.1, 0.15) is 0 Å². The number of hydrogen-bond donors (Lipinski definition) is 1. The molecule has 4 nitrogen and oxygen atoms in total. The van der Waals surface area contributed by atoms with Crippen LogP contribution in [0.5, 0.6) is 0 Å². The second kappa shape index (κ2) is 13.5. The Morgan fingerprint density at radius 3 is 1.35 bits per heavy atom. The molecule has 2 aromatic carbocycles. The molecule has 0 aliphatic heterocycles. The quantitative estimate of drug-likeness (QED) is 0.527. The number of nitrogens with one attached hydrogen (secondary N) is 1. The Hall–Kier alpha value is -1.66. The molecular weight excluding hydrogens is 342 g/mol. The Labute approximate surface area is 159 Å². The molecule has 0 atom stereocenters. The van der Waals surface area contributed by atoms with E-state index in [1.807, 2.05) is 81.4 Å². The lowest BCUT2D eigenvalue weighted by atomic mass is 10.3. The van der Waals surface area contributed by atoms with E-state index in [0.29, 0.717) is 19.8 Å². The number of para-hydroxylation sites is 2. The molecule has 0 fully saturated rings. The molecule has 0 unspecified atom stereocenters. The van der Waals surface area contributed by atoms with Gasteiger partial charge in [0, 0.05) is 37.2 Å². The first-order valence-electron chi connectivity index (χ1n) is 9.48. The fourth-order valence-electron chi connectivity index (χ4n) is 2.52. The van der Waals surface area contributed by atoms with Crippen LogP contribution in [0.3, 0.4) is 0 Å². The minimum absolute atomic E-state index is 0.673. The third-order valence-corrected chi connectivity index (χ3v) is 6.78. The molecule has 1 N–H and O–H groups in total. The first-order valence-corrected chi connectivity index (χ1v) is 11.4. The van der Waals surface area contributed by atoms with Crippen LogP contribution >= 0.6 is 0 Å². The lowest BCUT2D eigenvalue weighted by Crippen LogP contribution is -2.45. The summed E-state index contributed by atoms with van der Waals surface area (Å²) in [6.45, 7) is 10.1. The summed E-state index contributed by atoms with van der Waals surface area (Å²) < 4.78 is 16.9. The second-order valence-corrected chi connectivity index (χ2v) is 8.32. The minimum Gasteiger partial charge on any atom is -0.374 e. The van der Waals surface area contributed by atoms with E-state index in [9.17, 15) is 0 Å². The van der Waals surface area contributed by atoms with Crippen molar-refractivity contribution in [1.29, 1.82) is 0 Å². The Bertz CT molecular complexity index is 499. The van der Waals surface area contributed by atoms with Crippen LogP contribution in [0.15, 0.2) is 60.7 Å². The van der Waals surface area contributed by atoms with Crippen molar-refractivity contribution in [2.45, 2.75) is 40.2 Å². The van der Waals surface area contributed by atoms with Gasteiger partial charge >= 0.3 is 8.80 Å². The van der Waals surface area contributed by atoms with Gasteiger partial charge in [0.25, 0.3) is 0 Å². The van der Waals surface area contributed by atoms with Crippen molar-refractivity contribution in [3.05, 3.63) is 60.7 Å².